The molecule has 1 atom stereocenters. The first-order valence-corrected chi connectivity index (χ1v) is 2.10. The molecule has 0 bridgehead atoms. The highest BCUT2D eigenvalue weighted by Crippen LogP contribution is 1.79. The lowest BCUT2D eigenvalue weighted by molar-refractivity contribution is 1.74. The summed E-state index contributed by atoms with van der Waals surface area (Å²) in [5.41, 5.74) is 0. The van der Waals surface area contributed by atoms with E-state index in [-0.39, 0.29) is 5.00 Å². The second-order valence-corrected chi connectivity index (χ2v) is 1.91. The van der Waals surface area contributed by atoms with E-state index in [0.717, 1.165) is 0 Å². The number of alkyl halides is 1. The second-order valence-electron chi connectivity index (χ2n) is 0.529. The van der Waals surface area contributed by atoms with Gasteiger partial charge in [0.25, 0.3) is 0 Å². The maximum atomic E-state index is 5.14. The summed E-state index contributed by atoms with van der Waals surface area (Å²) >= 11 is 5.14. The molecule has 25 valence electrons. The van der Waals surface area contributed by atoms with Crippen LogP contribution in [0, 0.1) is 12.3 Å². The summed E-state index contributed by atoms with van der Waals surface area (Å²) in [5.74, 6) is 2.21. The molecule has 5 heavy (non-hydrogen) atoms. The number of terminal acetylenes is 1. The van der Waals surface area contributed by atoms with Crippen molar-refractivity contribution < 1.29 is 0 Å². The minimum Gasteiger partial charge on any atom is -0.119 e. The topological polar surface area (TPSA) is 0 Å². The largest absolute Gasteiger partial charge is 0.119 e. The van der Waals surface area contributed by atoms with Crippen molar-refractivity contribution in [2.45, 2.75) is 5.00 Å². The van der Waals surface area contributed by atoms with Gasteiger partial charge in [-0.1, -0.05) is 5.92 Å². The van der Waals surface area contributed by atoms with Crippen LogP contribution in [0.2, 0.25) is 0 Å². The highest BCUT2D eigenvalue weighted by atomic mass is 35.5. The van der Waals surface area contributed by atoms with Crippen LogP contribution in [0.1, 0.15) is 0 Å². The summed E-state index contributed by atoms with van der Waals surface area (Å²) in [6, 6.07) is 0. The van der Waals surface area contributed by atoms with Gasteiger partial charge in [-0.05, 0) is 0 Å². The molecule has 0 aromatic rings. The van der Waals surface area contributed by atoms with Crippen molar-refractivity contribution >= 4 is 21.8 Å². The van der Waals surface area contributed by atoms with E-state index < -0.39 is 0 Å². The number of hydrogen-bond donors (Lipinski definition) is 0. The molecule has 0 saturated heterocycles. The third-order valence-electron chi connectivity index (χ3n) is 0.146. The lowest BCUT2D eigenvalue weighted by Gasteiger charge is -1.76. The molecule has 0 N–H and O–H groups in total. The second kappa shape index (κ2) is 2.31. The van der Waals surface area contributed by atoms with Crippen molar-refractivity contribution in [2.75, 3.05) is 0 Å². The molecule has 0 aliphatic rings. The zero-order valence-corrected chi connectivity index (χ0v) is 4.29. The van der Waals surface area contributed by atoms with Crippen LogP contribution in [0.15, 0.2) is 0 Å². The van der Waals surface area contributed by atoms with Gasteiger partial charge in [-0.25, -0.2) is 0 Å². The van der Waals surface area contributed by atoms with Crippen molar-refractivity contribution in [1.82, 2.24) is 0 Å². The minimum absolute atomic E-state index is 0.310. The molecule has 0 aliphatic heterocycles. The van der Waals surface area contributed by atoms with Crippen LogP contribution in [0.25, 0.3) is 0 Å². The van der Waals surface area contributed by atoms with Gasteiger partial charge in [-0.15, -0.1) is 18.0 Å². The van der Waals surface area contributed by atoms with E-state index in [1.165, 1.54) is 0 Å². The quantitative estimate of drug-likeness (QED) is 0.235. The van der Waals surface area contributed by atoms with Crippen molar-refractivity contribution in [3.8, 4) is 12.3 Å². The van der Waals surface area contributed by atoms with Gasteiger partial charge in [0, 0.05) is 0 Å². The van der Waals surface area contributed by atoms with Crippen LogP contribution < -0.4 is 0 Å². The Balaban J connectivity index is 2.94. The minimum atomic E-state index is -0.310. The maximum Gasteiger partial charge on any atom is 0.0771 e. The molecule has 2 heteroatoms. The Bertz CT molecular complexity index is 52.4. The SMILES string of the molecule is C#CC([Si])Cl. The van der Waals surface area contributed by atoms with Crippen molar-refractivity contribution in [2.24, 2.45) is 0 Å². The van der Waals surface area contributed by atoms with Gasteiger partial charge in [-0.2, -0.15) is 0 Å². The summed E-state index contributed by atoms with van der Waals surface area (Å²) in [5, 5.41) is -0.310. The van der Waals surface area contributed by atoms with E-state index in [9.17, 15) is 0 Å². The molecule has 1 unspecified atom stereocenters. The van der Waals surface area contributed by atoms with Gasteiger partial charge in [0.05, 0.1) is 15.2 Å². The smallest absolute Gasteiger partial charge is 0.0771 e. The first kappa shape index (κ1) is 5.07. The number of hydrogen-bond acceptors (Lipinski definition) is 0. The standard InChI is InChI=1S/C3H2ClSi/c1-2-3(4)5/h1,3H. The van der Waals surface area contributed by atoms with Crippen LogP contribution in [0.4, 0.5) is 0 Å². The molecule has 0 amide bonds. The summed E-state index contributed by atoms with van der Waals surface area (Å²) in [6.45, 7) is 0. The normalized spacial score (nSPS) is 13.0. The first-order valence-electron chi connectivity index (χ1n) is 1.08. The fourth-order valence-corrected chi connectivity index (χ4v) is 0. The van der Waals surface area contributed by atoms with Crippen molar-refractivity contribution in [3.05, 3.63) is 0 Å². The lowest BCUT2D eigenvalue weighted by Crippen LogP contribution is -1.86. The van der Waals surface area contributed by atoms with E-state index >= 15 is 0 Å². The molecule has 0 aromatic carbocycles. The van der Waals surface area contributed by atoms with E-state index in [0.29, 0.717) is 0 Å². The molecule has 0 spiro atoms. The Kier molecular flexibility index (Phi) is 2.34. The Labute approximate surface area is 39.9 Å². The van der Waals surface area contributed by atoms with Crippen molar-refractivity contribution in [1.29, 1.82) is 0 Å². The van der Waals surface area contributed by atoms with Gasteiger partial charge >= 0.3 is 0 Å². The highest BCUT2D eigenvalue weighted by molar-refractivity contribution is 6.42. The molecular formula is C3H2ClSi. The monoisotopic (exact) mass is 101 g/mol. The maximum absolute atomic E-state index is 5.14. The Morgan fingerprint density at radius 3 is 2.20 bits per heavy atom. The van der Waals surface area contributed by atoms with E-state index in [1.807, 2.05) is 0 Å². The lowest BCUT2D eigenvalue weighted by atomic mass is 10.8. The molecular weight excluding hydrogens is 99.6 g/mol. The molecule has 0 nitrogen and oxygen atoms in total. The molecule has 3 radical (unpaired) electrons. The van der Waals surface area contributed by atoms with Crippen LogP contribution in [-0.2, 0) is 0 Å². The van der Waals surface area contributed by atoms with Crippen LogP contribution in [0.3, 0.4) is 0 Å². The summed E-state index contributed by atoms with van der Waals surface area (Å²) in [4.78, 5) is 0. The average Bonchev–Trinajstić information content (AvgIpc) is 1.38. The fourth-order valence-electron chi connectivity index (χ4n) is 0. The zero-order valence-electron chi connectivity index (χ0n) is 2.53. The predicted molar refractivity (Wildman–Crippen MR) is 24.2 cm³/mol. The van der Waals surface area contributed by atoms with E-state index in [4.69, 9.17) is 18.0 Å². The molecule has 0 aliphatic carbocycles. The number of halogens is 1. The third kappa shape index (κ3) is 4.07. The third-order valence-corrected chi connectivity index (χ3v) is 0.439. The molecule has 0 saturated carbocycles. The summed E-state index contributed by atoms with van der Waals surface area (Å²) in [7, 11) is 2.95. The van der Waals surface area contributed by atoms with Crippen LogP contribution in [-0.4, -0.2) is 15.2 Å². The van der Waals surface area contributed by atoms with Gasteiger partial charge in [0.2, 0.25) is 0 Å². The van der Waals surface area contributed by atoms with E-state index in [1.54, 1.807) is 0 Å². The van der Waals surface area contributed by atoms with Gasteiger partial charge in [0.15, 0.2) is 0 Å². The Morgan fingerprint density at radius 2 is 2.20 bits per heavy atom. The molecule has 0 aromatic heterocycles. The predicted octanol–water partition coefficient (Wildman–Crippen LogP) is 0.353. The van der Waals surface area contributed by atoms with Crippen LogP contribution >= 0.6 is 11.6 Å². The fraction of sp³-hybridized carbons (Fsp3) is 0.333. The zero-order chi connectivity index (χ0) is 4.28. The van der Waals surface area contributed by atoms with Crippen molar-refractivity contribution in [3.63, 3.8) is 0 Å². The first-order chi connectivity index (χ1) is 2.27. The molecule has 0 rings (SSSR count). The van der Waals surface area contributed by atoms with Gasteiger partial charge in [0.1, 0.15) is 0 Å². The Morgan fingerprint density at radius 1 is 2.00 bits per heavy atom. The van der Waals surface area contributed by atoms with E-state index in [2.05, 4.69) is 16.2 Å². The van der Waals surface area contributed by atoms with Crippen LogP contribution in [0.5, 0.6) is 0 Å². The molecule has 0 heterocycles. The molecule has 0 fully saturated rings. The van der Waals surface area contributed by atoms with Gasteiger partial charge in [-0.3, -0.25) is 0 Å². The summed E-state index contributed by atoms with van der Waals surface area (Å²) in [6.07, 6.45) is 4.74. The highest BCUT2D eigenvalue weighted by Gasteiger charge is 1.78. The Hall–Kier alpha value is 0.0669. The summed E-state index contributed by atoms with van der Waals surface area (Å²) < 4.78 is 0. The van der Waals surface area contributed by atoms with Gasteiger partial charge < -0.3 is 0 Å². The average molecular weight is 102 g/mol. The number of rotatable bonds is 0.